The van der Waals surface area contributed by atoms with Gasteiger partial charge in [0.05, 0.1) is 24.3 Å². The number of nitriles is 1. The summed E-state index contributed by atoms with van der Waals surface area (Å²) in [5, 5.41) is 8.50. The minimum absolute atomic E-state index is 0.109. The molecule has 1 saturated carbocycles. The van der Waals surface area contributed by atoms with Gasteiger partial charge in [-0.25, -0.2) is 0 Å². The van der Waals surface area contributed by atoms with Crippen LogP contribution in [0.15, 0.2) is 0 Å². The van der Waals surface area contributed by atoms with Crippen molar-refractivity contribution in [2.45, 2.75) is 32.6 Å². The van der Waals surface area contributed by atoms with Crippen LogP contribution in [0, 0.1) is 29.1 Å². The van der Waals surface area contributed by atoms with Gasteiger partial charge in [0.25, 0.3) is 0 Å². The number of nitrogens with zero attached hydrogens (tertiary/aromatic N) is 3. The fourth-order valence-electron chi connectivity index (χ4n) is 3.31. The van der Waals surface area contributed by atoms with Crippen LogP contribution in [-0.4, -0.2) is 47.7 Å². The molecule has 0 radical (unpaired) electrons. The molecule has 1 saturated heterocycles. The summed E-state index contributed by atoms with van der Waals surface area (Å²) in [5.41, 5.74) is 0. The van der Waals surface area contributed by atoms with Crippen molar-refractivity contribution in [3.8, 4) is 6.07 Å². The summed E-state index contributed by atoms with van der Waals surface area (Å²) in [7, 11) is 1.63. The van der Waals surface area contributed by atoms with Gasteiger partial charge in [-0.2, -0.15) is 5.26 Å². The number of imide groups is 1. The van der Waals surface area contributed by atoms with Gasteiger partial charge in [-0.3, -0.25) is 19.3 Å². The highest BCUT2D eigenvalue weighted by Gasteiger charge is 2.51. The van der Waals surface area contributed by atoms with Crippen molar-refractivity contribution in [2.75, 3.05) is 20.1 Å². The Morgan fingerprint density at radius 1 is 1.33 bits per heavy atom. The van der Waals surface area contributed by atoms with Crippen LogP contribution in [0.4, 0.5) is 0 Å². The van der Waals surface area contributed by atoms with Gasteiger partial charge >= 0.3 is 0 Å². The molecule has 0 aromatic heterocycles. The van der Waals surface area contributed by atoms with Crippen LogP contribution in [0.25, 0.3) is 0 Å². The van der Waals surface area contributed by atoms with Crippen molar-refractivity contribution in [3.05, 3.63) is 0 Å². The summed E-state index contributed by atoms with van der Waals surface area (Å²) in [5.74, 6) is -0.272. The lowest BCUT2D eigenvalue weighted by Crippen LogP contribution is -2.37. The molecule has 2 rings (SSSR count). The highest BCUT2D eigenvalue weighted by atomic mass is 16.2. The molecule has 6 heteroatoms. The third kappa shape index (κ3) is 3.07. The van der Waals surface area contributed by atoms with Crippen LogP contribution in [0.5, 0.6) is 0 Å². The second kappa shape index (κ2) is 6.25. The van der Waals surface area contributed by atoms with E-state index in [2.05, 4.69) is 6.92 Å². The predicted octanol–water partition coefficient (Wildman–Crippen LogP) is 0.780. The number of rotatable bonds is 5. The average molecular weight is 291 g/mol. The normalized spacial score (nSPS) is 27.7. The molecule has 21 heavy (non-hydrogen) atoms. The minimum Gasteiger partial charge on any atom is -0.345 e. The molecule has 6 nitrogen and oxygen atoms in total. The molecule has 2 fully saturated rings. The summed E-state index contributed by atoms with van der Waals surface area (Å²) in [4.78, 5) is 39.1. The van der Waals surface area contributed by atoms with Crippen molar-refractivity contribution in [2.24, 2.45) is 17.8 Å². The number of hydrogen-bond acceptors (Lipinski definition) is 4. The Morgan fingerprint density at radius 3 is 2.43 bits per heavy atom. The lowest BCUT2D eigenvalue weighted by atomic mass is 10.00. The Labute approximate surface area is 124 Å². The van der Waals surface area contributed by atoms with E-state index in [0.717, 1.165) is 12.8 Å². The molecule has 0 aromatic carbocycles. The van der Waals surface area contributed by atoms with Gasteiger partial charge in [0, 0.05) is 26.6 Å². The number of amides is 3. The van der Waals surface area contributed by atoms with E-state index in [1.807, 2.05) is 6.07 Å². The molecule has 2 atom stereocenters. The summed E-state index contributed by atoms with van der Waals surface area (Å²) in [6, 6.07) is 1.98. The molecule has 114 valence electrons. The predicted molar refractivity (Wildman–Crippen MR) is 74.6 cm³/mol. The monoisotopic (exact) mass is 291 g/mol. The Balaban J connectivity index is 1.87. The van der Waals surface area contributed by atoms with Gasteiger partial charge in [-0.1, -0.05) is 6.92 Å². The van der Waals surface area contributed by atoms with E-state index < -0.39 is 0 Å². The number of likely N-dealkylation sites (tertiary alicyclic amines) is 1. The highest BCUT2D eigenvalue weighted by molar-refractivity contribution is 6.05. The van der Waals surface area contributed by atoms with Crippen LogP contribution < -0.4 is 0 Å². The second-order valence-electron chi connectivity index (χ2n) is 6.09. The summed E-state index contributed by atoms with van der Waals surface area (Å²) < 4.78 is 0. The molecule has 1 heterocycles. The number of hydrogen-bond donors (Lipinski definition) is 0. The summed E-state index contributed by atoms with van der Waals surface area (Å²) in [6.07, 6.45) is 1.98. The maximum Gasteiger partial charge on any atom is 0.233 e. The largest absolute Gasteiger partial charge is 0.345 e. The minimum atomic E-state index is -0.168. The van der Waals surface area contributed by atoms with Crippen molar-refractivity contribution < 1.29 is 14.4 Å². The fraction of sp³-hybridized carbons (Fsp3) is 0.733. The zero-order chi connectivity index (χ0) is 15.6. The van der Waals surface area contributed by atoms with E-state index in [0.29, 0.717) is 12.5 Å². The maximum absolute atomic E-state index is 12.2. The fourth-order valence-corrected chi connectivity index (χ4v) is 3.31. The molecular formula is C15H21N3O3. The van der Waals surface area contributed by atoms with E-state index in [-0.39, 0.29) is 48.9 Å². The Kier molecular flexibility index (Phi) is 4.61. The van der Waals surface area contributed by atoms with Crippen molar-refractivity contribution in [1.29, 1.82) is 5.26 Å². The quantitative estimate of drug-likeness (QED) is 0.701. The standard InChI is InChI=1S/C15H21N3O3/c1-10-8-11-12(9-10)15(21)18(14(11)20)7-4-13(19)17(2)6-3-5-16/h10-12H,3-4,6-9H2,1-2H3. The van der Waals surface area contributed by atoms with Gasteiger partial charge in [0.15, 0.2) is 0 Å². The number of fused-ring (bicyclic) bond motifs is 1. The Bertz CT molecular complexity index is 473. The Morgan fingerprint density at radius 2 is 1.90 bits per heavy atom. The molecule has 0 aromatic rings. The average Bonchev–Trinajstić information content (AvgIpc) is 2.93. The maximum atomic E-state index is 12.2. The molecule has 0 bridgehead atoms. The van der Waals surface area contributed by atoms with Gasteiger partial charge in [-0.05, 0) is 18.8 Å². The SMILES string of the molecule is CC1CC2C(=O)N(CCC(=O)N(C)CCC#N)C(=O)C2C1. The topological polar surface area (TPSA) is 81.5 Å². The van der Waals surface area contributed by atoms with Crippen molar-refractivity contribution in [3.63, 3.8) is 0 Å². The molecule has 0 N–H and O–H groups in total. The van der Waals surface area contributed by atoms with Crippen molar-refractivity contribution in [1.82, 2.24) is 9.80 Å². The van der Waals surface area contributed by atoms with Crippen LogP contribution in [0.1, 0.15) is 32.6 Å². The molecule has 2 aliphatic rings. The van der Waals surface area contributed by atoms with Crippen LogP contribution >= 0.6 is 0 Å². The Hall–Kier alpha value is -1.90. The first-order chi connectivity index (χ1) is 9.95. The molecular weight excluding hydrogens is 270 g/mol. The van der Waals surface area contributed by atoms with Gasteiger partial charge in [0.2, 0.25) is 17.7 Å². The zero-order valence-electron chi connectivity index (χ0n) is 12.5. The van der Waals surface area contributed by atoms with Gasteiger partial charge < -0.3 is 4.90 Å². The first kappa shape index (κ1) is 15.5. The highest BCUT2D eigenvalue weighted by Crippen LogP contribution is 2.42. The molecule has 1 aliphatic heterocycles. The van der Waals surface area contributed by atoms with Crippen LogP contribution in [0.2, 0.25) is 0 Å². The molecule has 0 spiro atoms. The van der Waals surface area contributed by atoms with E-state index >= 15 is 0 Å². The lowest BCUT2D eigenvalue weighted by molar-refractivity contribution is -0.141. The van der Waals surface area contributed by atoms with E-state index in [1.165, 1.54) is 9.80 Å². The van der Waals surface area contributed by atoms with E-state index in [1.54, 1.807) is 7.05 Å². The summed E-state index contributed by atoms with van der Waals surface area (Å²) >= 11 is 0. The molecule has 1 aliphatic carbocycles. The third-order valence-electron chi connectivity index (χ3n) is 4.50. The zero-order valence-corrected chi connectivity index (χ0v) is 12.5. The lowest BCUT2D eigenvalue weighted by Gasteiger charge is -2.19. The smallest absolute Gasteiger partial charge is 0.233 e. The second-order valence-corrected chi connectivity index (χ2v) is 6.09. The molecule has 2 unspecified atom stereocenters. The van der Waals surface area contributed by atoms with Crippen LogP contribution in [0.3, 0.4) is 0 Å². The third-order valence-corrected chi connectivity index (χ3v) is 4.50. The summed E-state index contributed by atoms with van der Waals surface area (Å²) in [6.45, 7) is 2.60. The van der Waals surface area contributed by atoms with E-state index in [4.69, 9.17) is 5.26 Å². The number of carbonyl (C=O) groups is 3. The van der Waals surface area contributed by atoms with Gasteiger partial charge in [-0.15, -0.1) is 0 Å². The first-order valence-electron chi connectivity index (χ1n) is 7.41. The van der Waals surface area contributed by atoms with Crippen LogP contribution in [-0.2, 0) is 14.4 Å². The van der Waals surface area contributed by atoms with Crippen molar-refractivity contribution >= 4 is 17.7 Å². The van der Waals surface area contributed by atoms with Gasteiger partial charge in [0.1, 0.15) is 0 Å². The first-order valence-corrected chi connectivity index (χ1v) is 7.41. The van der Waals surface area contributed by atoms with E-state index in [9.17, 15) is 14.4 Å². The number of carbonyl (C=O) groups excluding carboxylic acids is 3. The molecule has 3 amide bonds.